The normalized spacial score (nSPS) is 13.4. The Balaban J connectivity index is 1.53. The highest BCUT2D eigenvalue weighted by molar-refractivity contribution is 5.83. The van der Waals surface area contributed by atoms with Crippen molar-refractivity contribution in [2.45, 2.75) is 26.2 Å². The Kier molecular flexibility index (Phi) is 4.63. The van der Waals surface area contributed by atoms with Crippen molar-refractivity contribution in [1.29, 1.82) is 0 Å². The molecule has 0 bridgehead atoms. The maximum Gasteiger partial charge on any atom is 0.178 e. The summed E-state index contributed by atoms with van der Waals surface area (Å²) in [6.07, 6.45) is 3.48. The van der Waals surface area contributed by atoms with Gasteiger partial charge in [0.1, 0.15) is 5.69 Å². The van der Waals surface area contributed by atoms with Crippen LogP contribution in [0.15, 0.2) is 91.3 Å². The molecule has 0 aliphatic heterocycles. The first-order valence-electron chi connectivity index (χ1n) is 11.5. The Bertz CT molecular complexity index is 1520. The van der Waals surface area contributed by atoms with Crippen molar-refractivity contribution in [3.63, 3.8) is 0 Å². The molecule has 0 spiro atoms. The fourth-order valence-electron chi connectivity index (χ4n) is 4.84. The summed E-state index contributed by atoms with van der Waals surface area (Å²) < 4.78 is 0. The Morgan fingerprint density at radius 1 is 0.588 bits per heavy atom. The summed E-state index contributed by atoms with van der Waals surface area (Å²) in [6.45, 7) is 6.67. The second-order valence-electron chi connectivity index (χ2n) is 9.33. The zero-order valence-electron chi connectivity index (χ0n) is 19.4. The van der Waals surface area contributed by atoms with E-state index in [-0.39, 0.29) is 5.41 Å². The van der Waals surface area contributed by atoms with Crippen LogP contribution in [0.1, 0.15) is 30.5 Å². The van der Waals surface area contributed by atoms with Gasteiger partial charge in [0.2, 0.25) is 0 Å². The largest absolute Gasteiger partial charge is 0.235 e. The number of hydrogen-bond donors (Lipinski definition) is 0. The van der Waals surface area contributed by atoms with Crippen molar-refractivity contribution >= 4 is 0 Å². The van der Waals surface area contributed by atoms with Gasteiger partial charge in [0.25, 0.3) is 0 Å². The molecule has 5 aromatic rings. The van der Waals surface area contributed by atoms with E-state index in [9.17, 15) is 0 Å². The third-order valence-corrected chi connectivity index (χ3v) is 6.71. The fraction of sp³-hybridized carbons (Fsp3) is 0.133. The number of aryl methyl sites for hydroxylation is 1. The Morgan fingerprint density at radius 2 is 1.26 bits per heavy atom. The molecule has 0 unspecified atom stereocenters. The van der Waals surface area contributed by atoms with Crippen LogP contribution in [-0.2, 0) is 5.41 Å². The van der Waals surface area contributed by atoms with Gasteiger partial charge in [-0.1, -0.05) is 80.1 Å². The number of hydrogen-bond acceptors (Lipinski definition) is 4. The van der Waals surface area contributed by atoms with E-state index in [2.05, 4.69) is 97.5 Å². The lowest BCUT2D eigenvalue weighted by Crippen LogP contribution is -2.14. The number of rotatable bonds is 3. The lowest BCUT2D eigenvalue weighted by Gasteiger charge is -2.22. The fourth-order valence-corrected chi connectivity index (χ4v) is 4.84. The SMILES string of the molecule is Cc1ccc(-c2nc(-c3ccc4c(c3)C(C)(C)c3ccccc3-4)cc(-c3ncccn3)n2)cc1. The topological polar surface area (TPSA) is 51.6 Å². The maximum atomic E-state index is 4.98. The van der Waals surface area contributed by atoms with Gasteiger partial charge in [-0.2, -0.15) is 0 Å². The van der Waals surface area contributed by atoms with Crippen LogP contribution in [0.2, 0.25) is 0 Å². The van der Waals surface area contributed by atoms with E-state index < -0.39 is 0 Å². The molecule has 0 fully saturated rings. The highest BCUT2D eigenvalue weighted by Crippen LogP contribution is 2.49. The predicted octanol–water partition coefficient (Wildman–Crippen LogP) is 6.88. The van der Waals surface area contributed by atoms with Crippen molar-refractivity contribution in [2.75, 3.05) is 0 Å². The first-order valence-corrected chi connectivity index (χ1v) is 11.5. The average molecular weight is 441 g/mol. The third kappa shape index (κ3) is 3.30. The van der Waals surface area contributed by atoms with Crippen LogP contribution in [-0.4, -0.2) is 19.9 Å². The summed E-state index contributed by atoms with van der Waals surface area (Å²) in [4.78, 5) is 18.7. The molecule has 34 heavy (non-hydrogen) atoms. The van der Waals surface area contributed by atoms with Gasteiger partial charge in [0, 0.05) is 28.9 Å². The lowest BCUT2D eigenvalue weighted by molar-refractivity contribution is 0.660. The van der Waals surface area contributed by atoms with Gasteiger partial charge in [-0.05, 0) is 47.4 Å². The van der Waals surface area contributed by atoms with Crippen LogP contribution in [0.5, 0.6) is 0 Å². The highest BCUT2D eigenvalue weighted by Gasteiger charge is 2.35. The van der Waals surface area contributed by atoms with Gasteiger partial charge >= 0.3 is 0 Å². The van der Waals surface area contributed by atoms with Gasteiger partial charge in [-0.25, -0.2) is 19.9 Å². The second kappa shape index (κ2) is 7.70. The molecule has 3 aromatic carbocycles. The van der Waals surface area contributed by atoms with Crippen molar-refractivity contribution in [3.8, 4) is 45.3 Å². The first kappa shape index (κ1) is 20.4. The maximum absolute atomic E-state index is 4.98. The van der Waals surface area contributed by atoms with E-state index in [4.69, 9.17) is 9.97 Å². The molecule has 164 valence electrons. The molecule has 0 N–H and O–H groups in total. The zero-order valence-corrected chi connectivity index (χ0v) is 19.4. The van der Waals surface area contributed by atoms with E-state index in [0.717, 1.165) is 16.8 Å². The molecule has 4 nitrogen and oxygen atoms in total. The highest BCUT2D eigenvalue weighted by atomic mass is 14.9. The number of aromatic nitrogens is 4. The standard InChI is InChI=1S/C30H24N4/c1-19-9-11-20(12-10-19)28-33-26(18-27(34-28)29-31-15-6-16-32-29)21-13-14-23-22-7-4-5-8-24(22)30(2,3)25(23)17-21/h4-18H,1-3H3. The molecule has 2 heterocycles. The van der Waals surface area contributed by atoms with Crippen LogP contribution in [0.25, 0.3) is 45.3 Å². The van der Waals surface area contributed by atoms with Gasteiger partial charge in [-0.3, -0.25) is 0 Å². The lowest BCUT2D eigenvalue weighted by atomic mass is 9.82. The van der Waals surface area contributed by atoms with Crippen LogP contribution in [0.3, 0.4) is 0 Å². The number of benzene rings is 3. The second-order valence-corrected chi connectivity index (χ2v) is 9.33. The quantitative estimate of drug-likeness (QED) is 0.307. The van der Waals surface area contributed by atoms with Crippen molar-refractivity contribution in [1.82, 2.24) is 19.9 Å². The summed E-state index contributed by atoms with van der Waals surface area (Å²) in [6, 6.07) is 27.5. The van der Waals surface area contributed by atoms with Crippen LogP contribution < -0.4 is 0 Å². The molecule has 0 amide bonds. The zero-order chi connectivity index (χ0) is 23.3. The minimum absolute atomic E-state index is 0.0693. The van der Waals surface area contributed by atoms with Crippen molar-refractivity contribution in [3.05, 3.63) is 108 Å². The van der Waals surface area contributed by atoms with Crippen LogP contribution in [0.4, 0.5) is 0 Å². The summed E-state index contributed by atoms with van der Waals surface area (Å²) in [5, 5.41) is 0. The molecular formula is C30H24N4. The van der Waals surface area contributed by atoms with Gasteiger partial charge in [0.15, 0.2) is 11.6 Å². The number of fused-ring (bicyclic) bond motifs is 3. The summed E-state index contributed by atoms with van der Waals surface area (Å²) >= 11 is 0. The van der Waals surface area contributed by atoms with Crippen molar-refractivity contribution in [2.24, 2.45) is 0 Å². The summed E-state index contributed by atoms with van der Waals surface area (Å²) in [5.74, 6) is 1.26. The molecule has 0 saturated carbocycles. The van der Waals surface area contributed by atoms with Gasteiger partial charge in [-0.15, -0.1) is 0 Å². The van der Waals surface area contributed by atoms with Crippen LogP contribution >= 0.6 is 0 Å². The smallest absolute Gasteiger partial charge is 0.178 e. The molecule has 1 aliphatic rings. The molecule has 0 saturated heterocycles. The molecule has 2 aromatic heterocycles. The summed E-state index contributed by atoms with van der Waals surface area (Å²) in [7, 11) is 0. The Morgan fingerprint density at radius 3 is 2.06 bits per heavy atom. The van der Waals surface area contributed by atoms with Crippen LogP contribution in [0, 0.1) is 6.92 Å². The molecule has 6 rings (SSSR count). The molecule has 0 radical (unpaired) electrons. The molecule has 0 atom stereocenters. The van der Waals surface area contributed by atoms with E-state index in [1.807, 2.05) is 12.1 Å². The number of nitrogens with zero attached hydrogens (tertiary/aromatic N) is 4. The van der Waals surface area contributed by atoms with E-state index in [1.165, 1.54) is 27.8 Å². The third-order valence-electron chi connectivity index (χ3n) is 6.71. The van der Waals surface area contributed by atoms with E-state index in [0.29, 0.717) is 17.3 Å². The van der Waals surface area contributed by atoms with E-state index >= 15 is 0 Å². The average Bonchev–Trinajstić information content (AvgIpc) is 3.11. The Labute approximate surface area is 199 Å². The molecule has 1 aliphatic carbocycles. The Hall–Kier alpha value is -4.18. The molecular weight excluding hydrogens is 416 g/mol. The summed E-state index contributed by atoms with van der Waals surface area (Å²) in [5.41, 5.74) is 10.0. The minimum atomic E-state index is -0.0693. The van der Waals surface area contributed by atoms with Crippen molar-refractivity contribution < 1.29 is 0 Å². The van der Waals surface area contributed by atoms with E-state index in [1.54, 1.807) is 12.4 Å². The molecule has 4 heteroatoms. The monoisotopic (exact) mass is 440 g/mol. The first-order chi connectivity index (χ1) is 16.5. The minimum Gasteiger partial charge on any atom is -0.235 e. The van der Waals surface area contributed by atoms with Gasteiger partial charge in [0.05, 0.1) is 5.69 Å². The van der Waals surface area contributed by atoms with Gasteiger partial charge < -0.3 is 0 Å². The predicted molar refractivity (Wildman–Crippen MR) is 136 cm³/mol.